The van der Waals surface area contributed by atoms with Crippen molar-refractivity contribution >= 4 is 0 Å². The molecule has 0 nitrogen and oxygen atoms in total. The Morgan fingerprint density at radius 2 is 0.619 bits per heavy atom. The Balaban J connectivity index is 6.51. The molecule has 0 aliphatic carbocycles. The molecular formula is C21H36. The van der Waals surface area contributed by atoms with Crippen molar-refractivity contribution in [3.63, 3.8) is 0 Å². The van der Waals surface area contributed by atoms with Gasteiger partial charge in [-0.25, -0.2) is 0 Å². The SMILES string of the molecule is CC(C)(C)C(=C=C=C=C(C(C)(C)C)C(C)(C)C)C(C)(C)C. The van der Waals surface area contributed by atoms with Gasteiger partial charge in [0.05, 0.1) is 0 Å². The highest BCUT2D eigenvalue weighted by molar-refractivity contribution is 5.20. The van der Waals surface area contributed by atoms with E-state index in [4.69, 9.17) is 0 Å². The number of rotatable bonds is 0. The van der Waals surface area contributed by atoms with E-state index in [9.17, 15) is 0 Å². The maximum atomic E-state index is 3.41. The summed E-state index contributed by atoms with van der Waals surface area (Å²) in [5.74, 6) is 0. The average Bonchev–Trinajstić information content (AvgIpc) is 2.07. The van der Waals surface area contributed by atoms with Crippen LogP contribution in [0.5, 0.6) is 0 Å². The first-order valence-electron chi connectivity index (χ1n) is 8.00. The molecule has 0 rings (SSSR count). The van der Waals surface area contributed by atoms with Crippen molar-refractivity contribution in [2.45, 2.75) is 83.1 Å². The van der Waals surface area contributed by atoms with E-state index in [2.05, 4.69) is 100 Å². The van der Waals surface area contributed by atoms with Crippen molar-refractivity contribution in [1.82, 2.24) is 0 Å². The number of allylic oxidation sites excluding steroid dienone is 2. The van der Waals surface area contributed by atoms with E-state index in [1.807, 2.05) is 0 Å². The van der Waals surface area contributed by atoms with E-state index in [0.29, 0.717) is 0 Å². The van der Waals surface area contributed by atoms with Gasteiger partial charge in [-0.1, -0.05) is 94.5 Å². The highest BCUT2D eigenvalue weighted by Crippen LogP contribution is 2.39. The fourth-order valence-electron chi connectivity index (χ4n) is 3.16. The summed E-state index contributed by atoms with van der Waals surface area (Å²) in [7, 11) is 0. The van der Waals surface area contributed by atoms with Crippen molar-refractivity contribution in [3.8, 4) is 0 Å². The fourth-order valence-corrected chi connectivity index (χ4v) is 3.16. The lowest BCUT2D eigenvalue weighted by atomic mass is 9.72. The lowest BCUT2D eigenvalue weighted by Crippen LogP contribution is -2.21. The van der Waals surface area contributed by atoms with Crippen LogP contribution in [0, 0.1) is 21.7 Å². The molecule has 0 spiro atoms. The molecule has 0 aromatic rings. The smallest absolute Gasteiger partial charge is 0.00851 e. The van der Waals surface area contributed by atoms with Crippen LogP contribution >= 0.6 is 0 Å². The van der Waals surface area contributed by atoms with Gasteiger partial charge in [-0.2, -0.15) is 0 Å². The van der Waals surface area contributed by atoms with Gasteiger partial charge in [0.1, 0.15) is 0 Å². The van der Waals surface area contributed by atoms with Gasteiger partial charge in [0, 0.05) is 0 Å². The Morgan fingerprint density at radius 1 is 0.429 bits per heavy atom. The van der Waals surface area contributed by atoms with Gasteiger partial charge in [-0.3, -0.25) is 0 Å². The fraction of sp³-hybridized carbons (Fsp3) is 0.762. The Morgan fingerprint density at radius 3 is 0.762 bits per heavy atom. The quantitative estimate of drug-likeness (QED) is 0.424. The van der Waals surface area contributed by atoms with E-state index < -0.39 is 0 Å². The van der Waals surface area contributed by atoms with Crippen LogP contribution in [0.3, 0.4) is 0 Å². The van der Waals surface area contributed by atoms with Crippen LogP contribution in [0.2, 0.25) is 0 Å². The molecule has 0 bridgehead atoms. The largest absolute Gasteiger partial charge is 0.0612 e. The Hall–Kier alpha value is -0.920. The van der Waals surface area contributed by atoms with Gasteiger partial charge in [0.25, 0.3) is 0 Å². The lowest BCUT2D eigenvalue weighted by molar-refractivity contribution is 0.363. The molecule has 0 saturated heterocycles. The molecule has 0 aromatic carbocycles. The van der Waals surface area contributed by atoms with Crippen molar-refractivity contribution in [3.05, 3.63) is 28.3 Å². The van der Waals surface area contributed by atoms with Gasteiger partial charge in [-0.15, -0.1) is 0 Å². The summed E-state index contributed by atoms with van der Waals surface area (Å²) >= 11 is 0. The molecule has 0 amide bonds. The monoisotopic (exact) mass is 288 g/mol. The normalized spacial score (nSPS) is 13.1. The highest BCUT2D eigenvalue weighted by Gasteiger charge is 2.29. The molecule has 0 fully saturated rings. The molecule has 0 unspecified atom stereocenters. The summed E-state index contributed by atoms with van der Waals surface area (Å²) in [4.78, 5) is 0. The third-order valence-electron chi connectivity index (χ3n) is 3.38. The predicted octanol–water partition coefficient (Wildman–Crippen LogP) is 6.93. The minimum Gasteiger partial charge on any atom is -0.0612 e. The van der Waals surface area contributed by atoms with Crippen molar-refractivity contribution in [2.24, 2.45) is 21.7 Å². The van der Waals surface area contributed by atoms with E-state index in [-0.39, 0.29) is 21.7 Å². The van der Waals surface area contributed by atoms with Crippen molar-refractivity contribution < 1.29 is 0 Å². The molecule has 120 valence electrons. The van der Waals surface area contributed by atoms with Gasteiger partial charge < -0.3 is 0 Å². The highest BCUT2D eigenvalue weighted by atomic mass is 14.3. The molecule has 0 N–H and O–H groups in total. The maximum absolute atomic E-state index is 3.41. The van der Waals surface area contributed by atoms with Crippen LogP contribution in [0.4, 0.5) is 0 Å². The van der Waals surface area contributed by atoms with E-state index in [1.165, 1.54) is 11.1 Å². The molecule has 0 atom stereocenters. The summed E-state index contributed by atoms with van der Waals surface area (Å²) in [6.45, 7) is 26.8. The van der Waals surface area contributed by atoms with Crippen LogP contribution in [0.15, 0.2) is 28.3 Å². The zero-order chi connectivity index (χ0) is 17.3. The maximum Gasteiger partial charge on any atom is -0.00851 e. The second-order valence-corrected chi connectivity index (χ2v) is 10.1. The molecule has 0 heterocycles. The zero-order valence-electron chi connectivity index (χ0n) is 16.5. The molecule has 0 saturated carbocycles. The van der Waals surface area contributed by atoms with E-state index in [1.54, 1.807) is 0 Å². The molecule has 0 aliphatic rings. The van der Waals surface area contributed by atoms with Gasteiger partial charge in [-0.05, 0) is 38.5 Å². The Labute approximate surface area is 133 Å². The Bertz CT molecular complexity index is 416. The standard InChI is InChI=1S/C21H36/c1-18(2,3)16(19(4,5)6)14-13-15-17(20(7,8)9)21(10,11)12/h1-12H3. The van der Waals surface area contributed by atoms with Crippen LogP contribution in [0.25, 0.3) is 0 Å². The molecule has 0 aromatic heterocycles. The van der Waals surface area contributed by atoms with Gasteiger partial charge in [0.15, 0.2) is 0 Å². The van der Waals surface area contributed by atoms with Crippen LogP contribution in [0.1, 0.15) is 83.1 Å². The van der Waals surface area contributed by atoms with E-state index in [0.717, 1.165) is 0 Å². The first-order chi connectivity index (χ1) is 8.97. The molecular weight excluding hydrogens is 252 g/mol. The summed E-state index contributed by atoms with van der Waals surface area (Å²) in [6.07, 6.45) is 0. The first-order valence-corrected chi connectivity index (χ1v) is 8.00. The summed E-state index contributed by atoms with van der Waals surface area (Å²) < 4.78 is 0. The molecule has 0 radical (unpaired) electrons. The molecule has 0 aliphatic heterocycles. The minimum absolute atomic E-state index is 0.0938. The summed E-state index contributed by atoms with van der Waals surface area (Å²) in [6, 6.07) is 0. The van der Waals surface area contributed by atoms with Crippen LogP contribution in [-0.2, 0) is 0 Å². The van der Waals surface area contributed by atoms with E-state index >= 15 is 0 Å². The van der Waals surface area contributed by atoms with Crippen molar-refractivity contribution in [2.75, 3.05) is 0 Å². The molecule has 0 heteroatoms. The average molecular weight is 289 g/mol. The van der Waals surface area contributed by atoms with Gasteiger partial charge >= 0.3 is 0 Å². The number of hydrogen-bond acceptors (Lipinski definition) is 0. The lowest BCUT2D eigenvalue weighted by Gasteiger charge is -2.32. The number of hydrogen-bond donors (Lipinski definition) is 0. The Kier molecular flexibility index (Phi) is 5.79. The third kappa shape index (κ3) is 6.58. The summed E-state index contributed by atoms with van der Waals surface area (Å²) in [5.41, 5.74) is 13.0. The molecule has 21 heavy (non-hydrogen) atoms. The minimum atomic E-state index is 0.0938. The summed E-state index contributed by atoms with van der Waals surface area (Å²) in [5, 5.41) is 0. The zero-order valence-corrected chi connectivity index (χ0v) is 16.5. The second-order valence-electron chi connectivity index (χ2n) is 10.1. The predicted molar refractivity (Wildman–Crippen MR) is 95.4 cm³/mol. The second kappa shape index (κ2) is 6.06. The van der Waals surface area contributed by atoms with Crippen LogP contribution < -0.4 is 0 Å². The first kappa shape index (κ1) is 20.1. The third-order valence-corrected chi connectivity index (χ3v) is 3.38. The van der Waals surface area contributed by atoms with Gasteiger partial charge in [0.2, 0.25) is 0 Å². The topological polar surface area (TPSA) is 0 Å². The van der Waals surface area contributed by atoms with Crippen molar-refractivity contribution in [1.29, 1.82) is 0 Å². The van der Waals surface area contributed by atoms with Crippen LogP contribution in [-0.4, -0.2) is 0 Å².